The molecule has 4 heteroatoms. The van der Waals surface area contributed by atoms with Crippen molar-refractivity contribution in [1.29, 1.82) is 0 Å². The van der Waals surface area contributed by atoms with Gasteiger partial charge in [0, 0.05) is 12.5 Å². The Morgan fingerprint density at radius 2 is 1.85 bits per heavy atom. The monoisotopic (exact) mass is 179 g/mol. The molecule has 0 aliphatic carbocycles. The Bertz CT molecular complexity index is 340. The van der Waals surface area contributed by atoms with E-state index in [0.29, 0.717) is 5.56 Å². The van der Waals surface area contributed by atoms with Crippen molar-refractivity contribution in [2.75, 3.05) is 0 Å². The van der Waals surface area contributed by atoms with Crippen molar-refractivity contribution in [2.45, 2.75) is 6.92 Å². The van der Waals surface area contributed by atoms with E-state index in [-0.39, 0.29) is 17.2 Å². The van der Waals surface area contributed by atoms with Crippen LogP contribution in [0.5, 0.6) is 5.75 Å². The minimum absolute atomic E-state index is 0.0139. The van der Waals surface area contributed by atoms with Gasteiger partial charge < -0.3 is 10.3 Å². The summed E-state index contributed by atoms with van der Waals surface area (Å²) < 4.78 is 0. The van der Waals surface area contributed by atoms with Crippen molar-refractivity contribution in [2.24, 2.45) is 5.16 Å². The Morgan fingerprint density at radius 1 is 1.31 bits per heavy atom. The second kappa shape index (κ2) is 3.71. The molecule has 0 unspecified atom stereocenters. The molecule has 4 nitrogen and oxygen atoms in total. The number of carbonyl (C=O) groups excluding carboxylic acids is 1. The molecule has 13 heavy (non-hydrogen) atoms. The summed E-state index contributed by atoms with van der Waals surface area (Å²) in [6.45, 7) is 1.31. The smallest absolute Gasteiger partial charge is 0.182 e. The van der Waals surface area contributed by atoms with Crippen molar-refractivity contribution in [1.82, 2.24) is 0 Å². The summed E-state index contributed by atoms with van der Waals surface area (Å²) in [6, 6.07) is 5.85. The molecule has 0 amide bonds. The number of hydrogen-bond acceptors (Lipinski definition) is 4. The maximum Gasteiger partial charge on any atom is 0.182 e. The van der Waals surface area contributed by atoms with Crippen molar-refractivity contribution >= 4 is 11.5 Å². The van der Waals surface area contributed by atoms with E-state index in [1.807, 2.05) is 0 Å². The Kier molecular flexibility index (Phi) is 2.64. The maximum absolute atomic E-state index is 10.9. The molecule has 0 spiro atoms. The standard InChI is InChI=1S/C9H9NO3/c1-6(11)9(10-13)7-2-4-8(12)5-3-7/h2-5,12-13H,1H3. The van der Waals surface area contributed by atoms with Crippen LogP contribution < -0.4 is 0 Å². The lowest BCUT2D eigenvalue weighted by Crippen LogP contribution is -2.11. The molecule has 68 valence electrons. The SMILES string of the molecule is CC(=O)C(=NO)c1ccc(O)cc1. The molecule has 0 fully saturated rings. The van der Waals surface area contributed by atoms with Crippen LogP contribution in [0.1, 0.15) is 12.5 Å². The van der Waals surface area contributed by atoms with E-state index in [9.17, 15) is 4.79 Å². The number of ketones is 1. The predicted molar refractivity (Wildman–Crippen MR) is 47.1 cm³/mol. The second-order valence-corrected chi connectivity index (χ2v) is 2.55. The number of carbonyl (C=O) groups is 1. The quantitative estimate of drug-likeness (QED) is 0.406. The van der Waals surface area contributed by atoms with Crippen molar-refractivity contribution in [3.8, 4) is 5.75 Å². The first-order valence-corrected chi connectivity index (χ1v) is 3.67. The summed E-state index contributed by atoms with van der Waals surface area (Å²) in [5.74, 6) is -0.224. The average molecular weight is 179 g/mol. The minimum atomic E-state index is -0.326. The number of benzene rings is 1. The fourth-order valence-electron chi connectivity index (χ4n) is 0.951. The predicted octanol–water partition coefficient (Wildman–Crippen LogP) is 1.16. The van der Waals surface area contributed by atoms with E-state index in [1.165, 1.54) is 31.2 Å². The van der Waals surface area contributed by atoms with Crippen LogP contribution in [0.4, 0.5) is 0 Å². The topological polar surface area (TPSA) is 69.9 Å². The van der Waals surface area contributed by atoms with E-state index in [1.54, 1.807) is 0 Å². The van der Waals surface area contributed by atoms with E-state index in [2.05, 4.69) is 5.16 Å². The number of phenols is 1. The normalized spacial score (nSPS) is 11.3. The Hall–Kier alpha value is -1.84. The average Bonchev–Trinajstić information content (AvgIpc) is 2.09. The summed E-state index contributed by atoms with van der Waals surface area (Å²) in [4.78, 5) is 10.9. The Balaban J connectivity index is 3.07. The van der Waals surface area contributed by atoms with E-state index >= 15 is 0 Å². The molecule has 0 radical (unpaired) electrons. The zero-order valence-electron chi connectivity index (χ0n) is 7.06. The summed E-state index contributed by atoms with van der Waals surface area (Å²) in [7, 11) is 0. The molecule has 2 N–H and O–H groups in total. The lowest BCUT2D eigenvalue weighted by atomic mass is 10.1. The highest BCUT2D eigenvalue weighted by molar-refractivity contribution is 6.45. The second-order valence-electron chi connectivity index (χ2n) is 2.55. The number of phenolic OH excluding ortho intramolecular Hbond substituents is 1. The highest BCUT2D eigenvalue weighted by Gasteiger charge is 2.08. The van der Waals surface area contributed by atoms with Gasteiger partial charge in [-0.25, -0.2) is 0 Å². The number of rotatable bonds is 2. The molecule has 1 rings (SSSR count). The van der Waals surface area contributed by atoms with Crippen LogP contribution in [0.3, 0.4) is 0 Å². The molecule has 0 bridgehead atoms. The Labute approximate surface area is 75.1 Å². The first-order valence-electron chi connectivity index (χ1n) is 3.67. The number of nitrogens with zero attached hydrogens (tertiary/aromatic N) is 1. The molecule has 1 aromatic carbocycles. The fourth-order valence-corrected chi connectivity index (χ4v) is 0.951. The van der Waals surface area contributed by atoms with Crippen LogP contribution in [-0.4, -0.2) is 21.8 Å². The van der Waals surface area contributed by atoms with Crippen LogP contribution >= 0.6 is 0 Å². The van der Waals surface area contributed by atoms with Crippen LogP contribution in [0.25, 0.3) is 0 Å². The molecule has 0 saturated heterocycles. The maximum atomic E-state index is 10.9. The zero-order valence-corrected chi connectivity index (χ0v) is 7.06. The first kappa shape index (κ1) is 9.25. The van der Waals surface area contributed by atoms with Gasteiger partial charge in [0.15, 0.2) is 11.5 Å². The van der Waals surface area contributed by atoms with Gasteiger partial charge in [0.2, 0.25) is 0 Å². The van der Waals surface area contributed by atoms with Gasteiger partial charge in [-0.3, -0.25) is 4.79 Å². The number of Topliss-reactive ketones (excluding diaryl/α,β-unsaturated/α-hetero) is 1. The van der Waals surface area contributed by atoms with Crippen LogP contribution in [-0.2, 0) is 4.79 Å². The third-order valence-corrected chi connectivity index (χ3v) is 1.57. The summed E-state index contributed by atoms with van der Waals surface area (Å²) in [5.41, 5.74) is 0.466. The van der Waals surface area contributed by atoms with Gasteiger partial charge in [-0.15, -0.1) is 0 Å². The van der Waals surface area contributed by atoms with Gasteiger partial charge in [0.1, 0.15) is 5.75 Å². The lowest BCUT2D eigenvalue weighted by molar-refractivity contribution is -0.111. The molecule has 0 heterocycles. The minimum Gasteiger partial charge on any atom is -0.508 e. The molecular formula is C9H9NO3. The van der Waals surface area contributed by atoms with Gasteiger partial charge in [0.05, 0.1) is 0 Å². The molecule has 1 aromatic rings. The van der Waals surface area contributed by atoms with E-state index in [0.717, 1.165) is 0 Å². The van der Waals surface area contributed by atoms with Crippen molar-refractivity contribution < 1.29 is 15.1 Å². The van der Waals surface area contributed by atoms with Crippen molar-refractivity contribution in [3.63, 3.8) is 0 Å². The summed E-state index contributed by atoms with van der Waals surface area (Å²) in [5, 5.41) is 20.4. The molecular weight excluding hydrogens is 170 g/mol. The van der Waals surface area contributed by atoms with Crippen LogP contribution in [0, 0.1) is 0 Å². The van der Waals surface area contributed by atoms with Crippen molar-refractivity contribution in [3.05, 3.63) is 29.8 Å². The molecule has 0 aliphatic rings. The Morgan fingerprint density at radius 3 is 2.23 bits per heavy atom. The largest absolute Gasteiger partial charge is 0.508 e. The van der Waals surface area contributed by atoms with Crippen LogP contribution in [0.2, 0.25) is 0 Å². The third kappa shape index (κ3) is 2.05. The van der Waals surface area contributed by atoms with Gasteiger partial charge in [-0.1, -0.05) is 5.16 Å². The third-order valence-electron chi connectivity index (χ3n) is 1.57. The lowest BCUT2D eigenvalue weighted by Gasteiger charge is -1.99. The molecule has 0 atom stereocenters. The highest BCUT2D eigenvalue weighted by atomic mass is 16.4. The number of oxime groups is 1. The van der Waals surface area contributed by atoms with E-state index in [4.69, 9.17) is 10.3 Å². The number of hydrogen-bond donors (Lipinski definition) is 2. The van der Waals surface area contributed by atoms with Gasteiger partial charge in [-0.2, -0.15) is 0 Å². The van der Waals surface area contributed by atoms with E-state index < -0.39 is 0 Å². The highest BCUT2D eigenvalue weighted by Crippen LogP contribution is 2.10. The van der Waals surface area contributed by atoms with Gasteiger partial charge >= 0.3 is 0 Å². The molecule has 0 saturated carbocycles. The molecule has 0 aromatic heterocycles. The van der Waals surface area contributed by atoms with Gasteiger partial charge in [-0.05, 0) is 24.3 Å². The fraction of sp³-hybridized carbons (Fsp3) is 0.111. The summed E-state index contributed by atoms with van der Waals surface area (Å²) in [6.07, 6.45) is 0. The number of aromatic hydroxyl groups is 1. The molecule has 0 aliphatic heterocycles. The van der Waals surface area contributed by atoms with Gasteiger partial charge in [0.25, 0.3) is 0 Å². The summed E-state index contributed by atoms with van der Waals surface area (Å²) >= 11 is 0. The zero-order chi connectivity index (χ0) is 9.84. The first-order chi connectivity index (χ1) is 6.15. The van der Waals surface area contributed by atoms with Crippen LogP contribution in [0.15, 0.2) is 29.4 Å².